The maximum Gasteiger partial charge on any atom is 0.269 e. The number of anilines is 2. The maximum atomic E-state index is 11.7. The number of halogens is 3. The van der Waals surface area contributed by atoms with Crippen LogP contribution in [-0.2, 0) is 13.1 Å². The highest BCUT2D eigenvalue weighted by atomic mass is 35.5. The highest BCUT2D eigenvalue weighted by Gasteiger charge is 2.15. The first-order valence-corrected chi connectivity index (χ1v) is 19.6. The number of rotatable bonds is 13. The molecule has 4 N–H and O–H groups in total. The van der Waals surface area contributed by atoms with E-state index in [0.717, 1.165) is 30.7 Å². The number of phenolic OH excluding ortho intramolecular Hbond substituents is 2. The molecule has 14 heteroatoms. The smallest absolute Gasteiger partial charge is 0.269 e. The molecule has 6 aromatic carbocycles. The van der Waals surface area contributed by atoms with Gasteiger partial charge in [-0.25, -0.2) is 0 Å². The minimum atomic E-state index is -0.431. The van der Waals surface area contributed by atoms with Crippen LogP contribution in [0.1, 0.15) is 45.7 Å². The summed E-state index contributed by atoms with van der Waals surface area (Å²) < 4.78 is 0. The Bertz CT molecular complexity index is 2380. The molecule has 0 amide bonds. The van der Waals surface area contributed by atoms with Gasteiger partial charge < -0.3 is 20.8 Å². The van der Waals surface area contributed by atoms with Crippen LogP contribution < -0.4 is 10.6 Å². The molecular weight excluding hydrogens is 813 g/mol. The second kappa shape index (κ2) is 19.6. The van der Waals surface area contributed by atoms with E-state index < -0.39 is 4.92 Å². The van der Waals surface area contributed by atoms with Crippen LogP contribution in [0.15, 0.2) is 141 Å². The average Bonchev–Trinajstić information content (AvgIpc) is 3.17. The summed E-state index contributed by atoms with van der Waals surface area (Å²) in [4.78, 5) is 37.7. The van der Waals surface area contributed by atoms with Crippen molar-refractivity contribution >= 4 is 87.0 Å². The third-order valence-electron chi connectivity index (χ3n) is 8.11. The molecule has 0 spiro atoms. The first kappa shape index (κ1) is 42.0. The van der Waals surface area contributed by atoms with Crippen molar-refractivity contribution in [3.63, 3.8) is 0 Å². The lowest BCUT2D eigenvalue weighted by Gasteiger charge is -2.14. The summed E-state index contributed by atoms with van der Waals surface area (Å²) in [6, 6.07) is 35.8. The molecule has 6 rings (SSSR count). The molecule has 0 atom stereocenters. The number of ketones is 2. The van der Waals surface area contributed by atoms with Crippen molar-refractivity contribution in [3.8, 4) is 11.5 Å². The van der Waals surface area contributed by atoms with Crippen LogP contribution in [-0.4, -0.2) is 26.7 Å². The predicted molar refractivity (Wildman–Crippen MR) is 227 cm³/mol. The zero-order valence-corrected chi connectivity index (χ0v) is 33.8. The van der Waals surface area contributed by atoms with E-state index in [2.05, 4.69) is 10.6 Å². The maximum absolute atomic E-state index is 11.7. The number of Topliss-reactive ketones (excluding diaryl/α,β-unsaturated/α-hetero) is 2. The van der Waals surface area contributed by atoms with Gasteiger partial charge in [-0.2, -0.15) is 0 Å². The van der Waals surface area contributed by atoms with Gasteiger partial charge >= 0.3 is 0 Å². The van der Waals surface area contributed by atoms with E-state index in [0.29, 0.717) is 39.5 Å². The van der Waals surface area contributed by atoms with Crippen LogP contribution in [0.2, 0.25) is 15.1 Å². The number of carbonyl (C=O) groups excluding carboxylic acids is 2. The van der Waals surface area contributed by atoms with Gasteiger partial charge in [-0.1, -0.05) is 94.7 Å². The number of hydrogen-bond donors (Lipinski definition) is 4. The van der Waals surface area contributed by atoms with E-state index in [4.69, 9.17) is 34.8 Å². The van der Waals surface area contributed by atoms with Gasteiger partial charge in [0, 0.05) is 59.9 Å². The second-order valence-electron chi connectivity index (χ2n) is 12.1. The van der Waals surface area contributed by atoms with Gasteiger partial charge in [-0.3, -0.25) is 19.7 Å². The monoisotopic (exact) mass is 845 g/mol. The minimum Gasteiger partial charge on any atom is -0.505 e. The van der Waals surface area contributed by atoms with Crippen molar-refractivity contribution < 1.29 is 24.7 Å². The van der Waals surface area contributed by atoms with E-state index in [1.807, 2.05) is 72.8 Å². The van der Waals surface area contributed by atoms with Crippen LogP contribution in [0.25, 0.3) is 0 Å². The predicted octanol–water partition coefficient (Wildman–Crippen LogP) is 12.6. The highest BCUT2D eigenvalue weighted by Crippen LogP contribution is 2.37. The number of benzene rings is 6. The normalized spacial score (nSPS) is 10.6. The number of non-ortho nitro benzene ring substituents is 1. The Labute approximate surface area is 347 Å². The van der Waals surface area contributed by atoms with Crippen LogP contribution in [0.4, 0.5) is 17.1 Å². The van der Waals surface area contributed by atoms with E-state index in [-0.39, 0.29) is 39.9 Å². The van der Waals surface area contributed by atoms with Gasteiger partial charge in [0.2, 0.25) is 0 Å². The van der Waals surface area contributed by atoms with Crippen LogP contribution in [0.3, 0.4) is 0 Å². The summed E-state index contributed by atoms with van der Waals surface area (Å²) >= 11 is 21.2. The quantitative estimate of drug-likeness (QED) is 0.0384. The molecule has 0 saturated carbocycles. The Morgan fingerprint density at radius 2 is 1.00 bits per heavy atom. The molecule has 0 aliphatic rings. The van der Waals surface area contributed by atoms with Gasteiger partial charge in [-0.15, -0.1) is 0 Å². The van der Waals surface area contributed by atoms with Crippen LogP contribution in [0, 0.1) is 10.1 Å². The molecule has 0 aliphatic carbocycles. The molecule has 0 heterocycles. The highest BCUT2D eigenvalue weighted by molar-refractivity contribution is 7.99. The Kier molecular flexibility index (Phi) is 14.7. The van der Waals surface area contributed by atoms with Crippen molar-refractivity contribution in [2.24, 2.45) is 0 Å². The molecule has 56 heavy (non-hydrogen) atoms. The largest absolute Gasteiger partial charge is 0.505 e. The summed E-state index contributed by atoms with van der Waals surface area (Å²) in [5, 5.41) is 39.2. The van der Waals surface area contributed by atoms with Crippen molar-refractivity contribution in [1.29, 1.82) is 0 Å². The molecule has 0 aliphatic heterocycles. The standard InChI is InChI=1S/C21H17Cl2NO2S.C21H17ClN2O4S/c1-13(25)18-10-16(23)11-19(21(18)26)24-12-14-4-2-3-5-20(14)27-17-8-6-15(22)7-9-17;1-13(25)18-10-15(22)11-19(21(18)26)23-12-14-4-2-3-5-20(14)29-17-8-6-16(7-9-17)24(27)28/h2-11,24,26H,12H2,1H3;2-11,23,26H,12H2,1H3. The molecule has 0 aromatic heterocycles. The van der Waals surface area contributed by atoms with Gasteiger partial charge in [0.1, 0.15) is 11.5 Å². The molecule has 9 nitrogen and oxygen atoms in total. The topological polar surface area (TPSA) is 142 Å². The van der Waals surface area contributed by atoms with Crippen molar-refractivity contribution in [3.05, 3.63) is 169 Å². The minimum absolute atomic E-state index is 0.0435. The third kappa shape index (κ3) is 11.4. The van der Waals surface area contributed by atoms with Gasteiger partial charge in [0.05, 0.1) is 27.4 Å². The fourth-order valence-electron chi connectivity index (χ4n) is 5.28. The summed E-state index contributed by atoms with van der Waals surface area (Å²) in [6.07, 6.45) is 0. The number of nitrogens with zero attached hydrogens (tertiary/aromatic N) is 1. The molecule has 0 fully saturated rings. The van der Waals surface area contributed by atoms with Crippen molar-refractivity contribution in [2.45, 2.75) is 46.5 Å². The number of nitro groups is 1. The molecule has 6 aromatic rings. The van der Waals surface area contributed by atoms with E-state index >= 15 is 0 Å². The zero-order chi connectivity index (χ0) is 40.4. The van der Waals surface area contributed by atoms with Crippen molar-refractivity contribution in [2.75, 3.05) is 10.6 Å². The van der Waals surface area contributed by atoms with E-state index in [1.54, 1.807) is 36.0 Å². The zero-order valence-electron chi connectivity index (χ0n) is 29.9. The number of carbonyl (C=O) groups is 2. The van der Waals surface area contributed by atoms with E-state index in [9.17, 15) is 29.9 Å². The second-order valence-corrected chi connectivity index (χ2v) is 15.7. The molecule has 0 radical (unpaired) electrons. The van der Waals surface area contributed by atoms with E-state index in [1.165, 1.54) is 49.9 Å². The number of aromatic hydroxyl groups is 2. The fourth-order valence-corrected chi connectivity index (χ4v) is 7.73. The third-order valence-corrected chi connectivity index (χ3v) is 11.0. The molecule has 0 bridgehead atoms. The number of hydrogen-bond acceptors (Lipinski definition) is 10. The number of nitro benzene ring substituents is 1. The molecular formula is C42H34Cl3N3O6S2. The summed E-state index contributed by atoms with van der Waals surface area (Å²) in [6.45, 7) is 3.63. The van der Waals surface area contributed by atoms with Gasteiger partial charge in [0.15, 0.2) is 11.6 Å². The summed E-state index contributed by atoms with van der Waals surface area (Å²) in [5.41, 5.74) is 3.22. The number of nitrogens with one attached hydrogen (secondary N) is 2. The van der Waals surface area contributed by atoms with Gasteiger partial charge in [-0.05, 0) is 97.8 Å². The lowest BCUT2D eigenvalue weighted by atomic mass is 10.1. The van der Waals surface area contributed by atoms with Crippen molar-refractivity contribution in [1.82, 2.24) is 0 Å². The van der Waals surface area contributed by atoms with Crippen LogP contribution >= 0.6 is 58.3 Å². The molecule has 286 valence electrons. The van der Waals surface area contributed by atoms with Gasteiger partial charge in [0.25, 0.3) is 5.69 Å². The lowest BCUT2D eigenvalue weighted by molar-refractivity contribution is -0.384. The average molecular weight is 847 g/mol. The molecule has 0 saturated heterocycles. The Hall–Kier alpha value is -5.17. The Morgan fingerprint density at radius 1 is 0.607 bits per heavy atom. The van der Waals surface area contributed by atoms with Crippen LogP contribution in [0.5, 0.6) is 11.5 Å². The first-order chi connectivity index (χ1) is 26.8. The summed E-state index contributed by atoms with van der Waals surface area (Å²) in [5.74, 6) is -0.740. The Balaban J connectivity index is 0.000000215. The lowest BCUT2D eigenvalue weighted by Crippen LogP contribution is -2.03. The first-order valence-electron chi connectivity index (χ1n) is 16.8. The molecule has 0 unspecified atom stereocenters. The fraction of sp³-hybridized carbons (Fsp3) is 0.0952. The summed E-state index contributed by atoms with van der Waals surface area (Å²) in [7, 11) is 0. The number of phenols is 2. The Morgan fingerprint density at radius 3 is 1.39 bits per heavy atom. The SMILES string of the molecule is CC(=O)c1cc(Cl)cc(NCc2ccccc2Sc2ccc(Cl)cc2)c1O.CC(=O)c1cc(Cl)cc(NCc2ccccc2Sc2ccc([N+](=O)[O-])cc2)c1O.